The summed E-state index contributed by atoms with van der Waals surface area (Å²) in [4.78, 5) is 0. The molecule has 0 saturated carbocycles. The summed E-state index contributed by atoms with van der Waals surface area (Å²) < 4.78 is 6.95. The van der Waals surface area contributed by atoms with E-state index in [9.17, 15) is 0 Å². The Balaban J connectivity index is 2.93. The van der Waals surface area contributed by atoms with Crippen LogP contribution in [0, 0.1) is 0 Å². The zero-order chi connectivity index (χ0) is 9.90. The Labute approximate surface area is 91.7 Å². The van der Waals surface area contributed by atoms with Crippen LogP contribution in [0.1, 0.15) is 0 Å². The van der Waals surface area contributed by atoms with Crippen LogP contribution in [0.5, 0.6) is 0 Å². The van der Waals surface area contributed by atoms with Crippen molar-refractivity contribution in [3.05, 3.63) is 28.7 Å². The van der Waals surface area contributed by atoms with Crippen LogP contribution in [0.4, 0.5) is 0 Å². The van der Waals surface area contributed by atoms with E-state index in [4.69, 9.17) is 4.12 Å². The number of halogens is 1. The zero-order valence-electron chi connectivity index (χ0n) is 8.10. The van der Waals surface area contributed by atoms with Crippen LogP contribution < -0.4 is 5.19 Å². The third kappa shape index (κ3) is 3.05. The van der Waals surface area contributed by atoms with Gasteiger partial charge in [0.25, 0.3) is 0 Å². The summed E-state index contributed by atoms with van der Waals surface area (Å²) in [5, 5.41) is 1.34. The SMILES string of the molecule is C[Si]O[Si](C)(C)c1cccc(Br)c1. The van der Waals surface area contributed by atoms with Gasteiger partial charge in [-0.25, -0.2) is 0 Å². The van der Waals surface area contributed by atoms with Gasteiger partial charge in [0.05, 0.1) is 0 Å². The van der Waals surface area contributed by atoms with Crippen molar-refractivity contribution in [2.24, 2.45) is 0 Å². The van der Waals surface area contributed by atoms with E-state index in [-0.39, 0.29) is 0 Å². The van der Waals surface area contributed by atoms with Crippen LogP contribution in [-0.4, -0.2) is 18.1 Å². The van der Waals surface area contributed by atoms with E-state index in [1.165, 1.54) is 5.19 Å². The Kier molecular flexibility index (Phi) is 3.91. The molecule has 1 aromatic rings. The van der Waals surface area contributed by atoms with Crippen LogP contribution in [0.25, 0.3) is 0 Å². The van der Waals surface area contributed by atoms with Crippen molar-refractivity contribution in [3.63, 3.8) is 0 Å². The zero-order valence-corrected chi connectivity index (χ0v) is 11.7. The molecule has 0 atom stereocenters. The number of rotatable bonds is 3. The highest BCUT2D eigenvalue weighted by atomic mass is 79.9. The average molecular weight is 273 g/mol. The van der Waals surface area contributed by atoms with Crippen LogP contribution in [0.15, 0.2) is 28.7 Å². The molecule has 70 valence electrons. The second-order valence-electron chi connectivity index (χ2n) is 3.33. The molecule has 0 aliphatic rings. The van der Waals surface area contributed by atoms with Gasteiger partial charge < -0.3 is 4.12 Å². The molecular weight excluding hydrogens is 260 g/mol. The van der Waals surface area contributed by atoms with Crippen LogP contribution >= 0.6 is 15.9 Å². The molecule has 0 bridgehead atoms. The molecule has 2 radical (unpaired) electrons. The fourth-order valence-electron chi connectivity index (χ4n) is 1.18. The smallest absolute Gasteiger partial charge is 0.211 e. The van der Waals surface area contributed by atoms with Gasteiger partial charge in [-0.05, 0) is 37.0 Å². The predicted molar refractivity (Wildman–Crippen MR) is 64.0 cm³/mol. The molecule has 0 spiro atoms. The summed E-state index contributed by atoms with van der Waals surface area (Å²) in [6, 6.07) is 8.42. The molecule has 4 heteroatoms. The van der Waals surface area contributed by atoms with Gasteiger partial charge >= 0.3 is 0 Å². The molecule has 1 rings (SSSR count). The minimum absolute atomic E-state index is 0.578. The molecule has 0 aliphatic carbocycles. The van der Waals surface area contributed by atoms with E-state index in [1.54, 1.807) is 0 Å². The Hall–Kier alpha value is 0.0938. The lowest BCUT2D eigenvalue weighted by atomic mass is 10.4. The van der Waals surface area contributed by atoms with Crippen LogP contribution in [-0.2, 0) is 4.12 Å². The Morgan fingerprint density at radius 2 is 2.08 bits per heavy atom. The lowest BCUT2D eigenvalue weighted by molar-refractivity contribution is 0.611. The van der Waals surface area contributed by atoms with Crippen LogP contribution in [0.2, 0.25) is 19.6 Å². The first-order chi connectivity index (χ1) is 6.06. The number of benzene rings is 1. The quantitative estimate of drug-likeness (QED) is 0.769. The third-order valence-electron chi connectivity index (χ3n) is 1.88. The number of hydrogen-bond donors (Lipinski definition) is 0. The van der Waals surface area contributed by atoms with Gasteiger partial charge in [-0.2, -0.15) is 0 Å². The van der Waals surface area contributed by atoms with Gasteiger partial charge in [-0.3, -0.25) is 0 Å². The normalized spacial score (nSPS) is 11.7. The van der Waals surface area contributed by atoms with Crippen molar-refractivity contribution in [2.45, 2.75) is 19.6 Å². The first kappa shape index (κ1) is 11.2. The Morgan fingerprint density at radius 1 is 1.38 bits per heavy atom. The van der Waals surface area contributed by atoms with Crippen molar-refractivity contribution in [2.75, 3.05) is 0 Å². The minimum atomic E-state index is -1.63. The first-order valence-corrected chi connectivity index (χ1v) is 9.28. The summed E-state index contributed by atoms with van der Waals surface area (Å²) in [6.45, 7) is 6.53. The molecule has 13 heavy (non-hydrogen) atoms. The summed E-state index contributed by atoms with van der Waals surface area (Å²) in [5.74, 6) is 0. The first-order valence-electron chi connectivity index (χ1n) is 4.17. The highest BCUT2D eigenvalue weighted by Gasteiger charge is 2.23. The third-order valence-corrected chi connectivity index (χ3v) is 6.93. The van der Waals surface area contributed by atoms with E-state index >= 15 is 0 Å². The van der Waals surface area contributed by atoms with Crippen molar-refractivity contribution in [1.29, 1.82) is 0 Å². The largest absolute Gasteiger partial charge is 0.453 e. The van der Waals surface area contributed by atoms with Crippen molar-refractivity contribution in [3.8, 4) is 0 Å². The molecule has 0 aliphatic heterocycles. The Morgan fingerprint density at radius 3 is 2.62 bits per heavy atom. The fourth-order valence-corrected chi connectivity index (χ4v) is 5.30. The molecule has 0 amide bonds. The number of hydrogen-bond acceptors (Lipinski definition) is 1. The van der Waals surface area contributed by atoms with Gasteiger partial charge in [0, 0.05) is 4.47 Å². The van der Waals surface area contributed by atoms with E-state index in [2.05, 4.69) is 53.8 Å². The standard InChI is InChI=1S/C9H13BrOSi2/c1-12-11-13(2,3)9-6-4-5-8(10)7-9/h4-7H,1-3H3. The molecule has 0 heterocycles. The van der Waals surface area contributed by atoms with E-state index in [0.717, 1.165) is 4.47 Å². The second-order valence-corrected chi connectivity index (χ2v) is 9.07. The molecule has 1 nitrogen and oxygen atoms in total. The van der Waals surface area contributed by atoms with Gasteiger partial charge in [0.1, 0.15) is 0 Å². The molecule has 1 aromatic carbocycles. The van der Waals surface area contributed by atoms with Crippen molar-refractivity contribution in [1.82, 2.24) is 0 Å². The van der Waals surface area contributed by atoms with Gasteiger partial charge in [0.2, 0.25) is 18.1 Å². The van der Waals surface area contributed by atoms with Gasteiger partial charge in [-0.15, -0.1) is 0 Å². The summed E-state index contributed by atoms with van der Waals surface area (Å²) in [6.07, 6.45) is 0. The van der Waals surface area contributed by atoms with Gasteiger partial charge in [-0.1, -0.05) is 28.1 Å². The monoisotopic (exact) mass is 272 g/mol. The lowest BCUT2D eigenvalue weighted by Gasteiger charge is -2.22. The minimum Gasteiger partial charge on any atom is -0.453 e. The maximum absolute atomic E-state index is 5.82. The topological polar surface area (TPSA) is 9.23 Å². The molecule has 0 N–H and O–H groups in total. The average Bonchev–Trinajstić information content (AvgIpc) is 2.04. The molecule has 0 unspecified atom stereocenters. The maximum Gasteiger partial charge on any atom is 0.211 e. The molecule has 0 saturated heterocycles. The lowest BCUT2D eigenvalue weighted by Crippen LogP contribution is -2.45. The molecular formula is C9H13BrOSi2. The predicted octanol–water partition coefficient (Wildman–Crippen LogP) is 2.55. The van der Waals surface area contributed by atoms with E-state index in [1.807, 2.05) is 6.07 Å². The summed E-state index contributed by atoms with van der Waals surface area (Å²) >= 11 is 3.47. The summed E-state index contributed by atoms with van der Waals surface area (Å²) in [7, 11) is -1.05. The van der Waals surface area contributed by atoms with Crippen molar-refractivity contribution < 1.29 is 4.12 Å². The summed E-state index contributed by atoms with van der Waals surface area (Å²) in [5.41, 5.74) is 0. The molecule has 0 fully saturated rings. The van der Waals surface area contributed by atoms with Crippen molar-refractivity contribution >= 4 is 39.2 Å². The highest BCUT2D eigenvalue weighted by Crippen LogP contribution is 2.10. The highest BCUT2D eigenvalue weighted by molar-refractivity contribution is 9.10. The van der Waals surface area contributed by atoms with E-state index in [0.29, 0.717) is 9.76 Å². The van der Waals surface area contributed by atoms with Gasteiger partial charge in [0.15, 0.2) is 0 Å². The van der Waals surface area contributed by atoms with E-state index < -0.39 is 8.32 Å². The Bertz CT molecular complexity index is 289. The maximum atomic E-state index is 5.82. The fraction of sp³-hybridized carbons (Fsp3) is 0.333. The van der Waals surface area contributed by atoms with Crippen LogP contribution in [0.3, 0.4) is 0 Å². The second kappa shape index (κ2) is 4.55. The molecule has 0 aromatic heterocycles.